The van der Waals surface area contributed by atoms with Gasteiger partial charge in [-0.05, 0) is 19.9 Å². The van der Waals surface area contributed by atoms with Gasteiger partial charge < -0.3 is 9.47 Å². The first-order chi connectivity index (χ1) is 14.5. The molecule has 30 heavy (non-hydrogen) atoms. The Morgan fingerprint density at radius 1 is 0.700 bits per heavy atom. The SMILES string of the molecule is CCOC(=O)C(=CC(=O)c1ccccc1)C=C(C(=O)OCC)C(=O)c1ccccc1. The zero-order valence-electron chi connectivity index (χ0n) is 16.8. The normalized spacial score (nSPS) is 11.5. The fourth-order valence-electron chi connectivity index (χ4n) is 2.53. The Kier molecular flexibility index (Phi) is 8.44. The van der Waals surface area contributed by atoms with Crippen molar-refractivity contribution in [3.8, 4) is 0 Å². The van der Waals surface area contributed by atoms with Gasteiger partial charge in [-0.1, -0.05) is 60.7 Å². The quantitative estimate of drug-likeness (QED) is 0.157. The van der Waals surface area contributed by atoms with Crippen LogP contribution in [-0.2, 0) is 19.1 Å². The van der Waals surface area contributed by atoms with Gasteiger partial charge in [-0.15, -0.1) is 0 Å². The Morgan fingerprint density at radius 3 is 1.73 bits per heavy atom. The molecule has 0 N–H and O–H groups in total. The number of hydrogen-bond acceptors (Lipinski definition) is 6. The van der Waals surface area contributed by atoms with Crippen LogP contribution < -0.4 is 0 Å². The molecule has 0 saturated carbocycles. The van der Waals surface area contributed by atoms with Crippen molar-refractivity contribution >= 4 is 23.5 Å². The van der Waals surface area contributed by atoms with E-state index >= 15 is 0 Å². The van der Waals surface area contributed by atoms with Gasteiger partial charge in [-0.25, -0.2) is 9.59 Å². The number of rotatable bonds is 9. The van der Waals surface area contributed by atoms with Gasteiger partial charge in [-0.3, -0.25) is 9.59 Å². The Labute approximate surface area is 174 Å². The molecular formula is C24H22O6. The molecule has 0 saturated heterocycles. The van der Waals surface area contributed by atoms with Gasteiger partial charge in [0.25, 0.3) is 0 Å². The Morgan fingerprint density at radius 2 is 1.20 bits per heavy atom. The largest absolute Gasteiger partial charge is 0.462 e. The van der Waals surface area contributed by atoms with Crippen LogP contribution in [0.15, 0.2) is 84.0 Å². The smallest absolute Gasteiger partial charge is 0.342 e. The summed E-state index contributed by atoms with van der Waals surface area (Å²) in [6.07, 6.45) is 2.09. The predicted octanol–water partition coefficient (Wildman–Crippen LogP) is 3.73. The van der Waals surface area contributed by atoms with Gasteiger partial charge in [0, 0.05) is 17.2 Å². The summed E-state index contributed by atoms with van der Waals surface area (Å²) in [7, 11) is 0. The summed E-state index contributed by atoms with van der Waals surface area (Å²) in [5.41, 5.74) is -0.00424. The maximum Gasteiger partial charge on any atom is 0.342 e. The molecule has 154 valence electrons. The Bertz CT molecular complexity index is 971. The minimum atomic E-state index is -0.895. The second-order valence-corrected chi connectivity index (χ2v) is 6.02. The molecule has 0 spiro atoms. The van der Waals surface area contributed by atoms with Crippen LogP contribution >= 0.6 is 0 Å². The lowest BCUT2D eigenvalue weighted by Crippen LogP contribution is -2.18. The Hall–Kier alpha value is -3.80. The number of esters is 2. The van der Waals surface area contributed by atoms with Crippen LogP contribution in [0.3, 0.4) is 0 Å². The van der Waals surface area contributed by atoms with Gasteiger partial charge in [0.05, 0.1) is 18.8 Å². The molecule has 0 bridgehead atoms. The molecule has 0 radical (unpaired) electrons. The molecule has 6 nitrogen and oxygen atoms in total. The van der Waals surface area contributed by atoms with Gasteiger partial charge in [0.15, 0.2) is 11.6 Å². The molecule has 0 fully saturated rings. The minimum absolute atomic E-state index is 0.0413. The van der Waals surface area contributed by atoms with Gasteiger partial charge in [0.1, 0.15) is 5.57 Å². The van der Waals surface area contributed by atoms with E-state index in [0.29, 0.717) is 5.56 Å². The molecule has 0 aliphatic carbocycles. The predicted molar refractivity (Wildman–Crippen MR) is 111 cm³/mol. The first-order valence-electron chi connectivity index (χ1n) is 9.44. The lowest BCUT2D eigenvalue weighted by atomic mass is 9.99. The van der Waals surface area contributed by atoms with Crippen molar-refractivity contribution in [3.05, 3.63) is 95.1 Å². The van der Waals surface area contributed by atoms with E-state index in [-0.39, 0.29) is 29.9 Å². The molecule has 0 atom stereocenters. The third kappa shape index (κ3) is 6.10. The zero-order valence-corrected chi connectivity index (χ0v) is 16.8. The van der Waals surface area contributed by atoms with Crippen molar-refractivity contribution in [3.63, 3.8) is 0 Å². The minimum Gasteiger partial charge on any atom is -0.462 e. The molecule has 0 aliphatic rings. The highest BCUT2D eigenvalue weighted by molar-refractivity contribution is 6.25. The molecule has 2 aromatic rings. The van der Waals surface area contributed by atoms with E-state index in [1.165, 1.54) is 12.1 Å². The van der Waals surface area contributed by atoms with Crippen molar-refractivity contribution < 1.29 is 28.7 Å². The van der Waals surface area contributed by atoms with Gasteiger partial charge in [0.2, 0.25) is 0 Å². The lowest BCUT2D eigenvalue weighted by molar-refractivity contribution is -0.138. The van der Waals surface area contributed by atoms with E-state index in [4.69, 9.17) is 9.47 Å². The number of benzene rings is 2. The zero-order chi connectivity index (χ0) is 21.9. The molecule has 0 amide bonds. The summed E-state index contributed by atoms with van der Waals surface area (Å²) >= 11 is 0. The monoisotopic (exact) mass is 406 g/mol. The van der Waals surface area contributed by atoms with Crippen LogP contribution in [0.4, 0.5) is 0 Å². The van der Waals surface area contributed by atoms with Crippen LogP contribution in [0.25, 0.3) is 0 Å². The highest BCUT2D eigenvalue weighted by Crippen LogP contribution is 2.15. The summed E-state index contributed by atoms with van der Waals surface area (Å²) in [4.78, 5) is 50.4. The van der Waals surface area contributed by atoms with Crippen LogP contribution in [0, 0.1) is 0 Å². The average Bonchev–Trinajstić information content (AvgIpc) is 2.77. The van der Waals surface area contributed by atoms with Crippen molar-refractivity contribution in [2.75, 3.05) is 13.2 Å². The fourth-order valence-corrected chi connectivity index (χ4v) is 2.53. The molecular weight excluding hydrogens is 384 g/mol. The van der Waals surface area contributed by atoms with E-state index < -0.39 is 23.5 Å². The molecule has 0 heterocycles. The van der Waals surface area contributed by atoms with Crippen molar-refractivity contribution in [1.29, 1.82) is 0 Å². The molecule has 0 aromatic heterocycles. The molecule has 2 aromatic carbocycles. The van der Waals surface area contributed by atoms with Crippen molar-refractivity contribution in [2.45, 2.75) is 13.8 Å². The van der Waals surface area contributed by atoms with E-state index in [9.17, 15) is 19.2 Å². The number of ether oxygens (including phenoxy) is 2. The second kappa shape index (κ2) is 11.3. The summed E-state index contributed by atoms with van der Waals surface area (Å²) in [5.74, 6) is -2.82. The highest BCUT2D eigenvalue weighted by Gasteiger charge is 2.24. The van der Waals surface area contributed by atoms with Gasteiger partial charge >= 0.3 is 11.9 Å². The van der Waals surface area contributed by atoms with Crippen LogP contribution in [0.2, 0.25) is 0 Å². The van der Waals surface area contributed by atoms with E-state index in [2.05, 4.69) is 0 Å². The molecule has 6 heteroatoms. The number of Topliss-reactive ketones (excluding diaryl/α,β-unsaturated/α-hetero) is 1. The number of ketones is 2. The molecule has 2 rings (SSSR count). The topological polar surface area (TPSA) is 86.7 Å². The lowest BCUT2D eigenvalue weighted by Gasteiger charge is -2.09. The van der Waals surface area contributed by atoms with Crippen LogP contribution in [0.1, 0.15) is 34.6 Å². The number of carbonyl (C=O) groups excluding carboxylic acids is 4. The number of carbonyl (C=O) groups is 4. The standard InChI is InChI=1S/C24H22O6/c1-3-29-23(27)19(16-21(25)17-11-7-5-8-12-17)15-20(24(28)30-4-2)22(26)18-13-9-6-10-14-18/h5-16H,3-4H2,1-2H3. The summed E-state index contributed by atoms with van der Waals surface area (Å²) in [6.45, 7) is 3.31. The average molecular weight is 406 g/mol. The van der Waals surface area contributed by atoms with Crippen molar-refractivity contribution in [1.82, 2.24) is 0 Å². The van der Waals surface area contributed by atoms with E-state index in [1.54, 1.807) is 62.4 Å². The maximum absolute atomic E-state index is 12.9. The number of hydrogen-bond donors (Lipinski definition) is 0. The molecule has 0 unspecified atom stereocenters. The fraction of sp³-hybridized carbons (Fsp3) is 0.167. The van der Waals surface area contributed by atoms with Crippen LogP contribution in [0.5, 0.6) is 0 Å². The second-order valence-electron chi connectivity index (χ2n) is 6.02. The Balaban J connectivity index is 2.54. The molecule has 0 aliphatic heterocycles. The first kappa shape index (κ1) is 22.5. The van der Waals surface area contributed by atoms with E-state index in [1.807, 2.05) is 0 Å². The third-order valence-corrected chi connectivity index (χ3v) is 3.93. The maximum atomic E-state index is 12.9. The summed E-state index contributed by atoms with van der Waals surface area (Å²) in [5, 5.41) is 0. The third-order valence-electron chi connectivity index (χ3n) is 3.93. The summed E-state index contributed by atoms with van der Waals surface area (Å²) < 4.78 is 9.98. The first-order valence-corrected chi connectivity index (χ1v) is 9.44. The summed E-state index contributed by atoms with van der Waals surface area (Å²) in [6, 6.07) is 16.4. The van der Waals surface area contributed by atoms with Crippen molar-refractivity contribution in [2.24, 2.45) is 0 Å². The van der Waals surface area contributed by atoms with E-state index in [0.717, 1.165) is 12.2 Å². The highest BCUT2D eigenvalue weighted by atomic mass is 16.5. The van der Waals surface area contributed by atoms with Crippen LogP contribution in [-0.4, -0.2) is 36.7 Å². The number of allylic oxidation sites excluding steroid dienone is 1. The van der Waals surface area contributed by atoms with Gasteiger partial charge in [-0.2, -0.15) is 0 Å².